The smallest absolute Gasteiger partial charge is 0.138 e. The number of imidazole rings is 1. The molecule has 0 aromatic carbocycles. The van der Waals surface area contributed by atoms with Gasteiger partial charge >= 0.3 is 0 Å². The molecule has 3 aromatic heterocycles. The molecule has 0 saturated carbocycles. The van der Waals surface area contributed by atoms with Crippen LogP contribution in [0, 0.1) is 0 Å². The first kappa shape index (κ1) is 16.1. The van der Waals surface area contributed by atoms with Gasteiger partial charge in [-0.15, -0.1) is 0 Å². The molecule has 0 amide bonds. The van der Waals surface area contributed by atoms with Crippen LogP contribution in [-0.4, -0.2) is 56.7 Å². The SMILES string of the molecule is Cn1cc(-c2ccn3c(N4CCC(OCCO)CC4)cnc3c2)cn1. The molecule has 0 aliphatic carbocycles. The minimum Gasteiger partial charge on any atom is -0.394 e. The molecule has 0 atom stereocenters. The van der Waals surface area contributed by atoms with Crippen LogP contribution in [0.25, 0.3) is 16.8 Å². The molecule has 7 nitrogen and oxygen atoms in total. The summed E-state index contributed by atoms with van der Waals surface area (Å²) in [7, 11) is 1.92. The lowest BCUT2D eigenvalue weighted by atomic mass is 10.1. The fourth-order valence-corrected chi connectivity index (χ4v) is 3.42. The molecule has 1 aliphatic heterocycles. The van der Waals surface area contributed by atoms with Crippen LogP contribution < -0.4 is 4.90 Å². The summed E-state index contributed by atoms with van der Waals surface area (Å²) in [6.45, 7) is 2.40. The number of fused-ring (bicyclic) bond motifs is 1. The Morgan fingerprint density at radius 1 is 1.24 bits per heavy atom. The zero-order chi connectivity index (χ0) is 17.2. The van der Waals surface area contributed by atoms with E-state index in [-0.39, 0.29) is 12.7 Å². The van der Waals surface area contributed by atoms with Crippen molar-refractivity contribution in [1.82, 2.24) is 19.2 Å². The predicted octanol–water partition coefficient (Wildman–Crippen LogP) is 1.71. The second-order valence-electron chi connectivity index (χ2n) is 6.44. The predicted molar refractivity (Wildman–Crippen MR) is 95.7 cm³/mol. The molecule has 1 aliphatic rings. The molecule has 4 heterocycles. The molecule has 3 aromatic rings. The van der Waals surface area contributed by atoms with Gasteiger partial charge in [-0.2, -0.15) is 5.10 Å². The van der Waals surface area contributed by atoms with Gasteiger partial charge in [0.15, 0.2) is 0 Å². The second kappa shape index (κ2) is 6.85. The maximum absolute atomic E-state index is 8.87. The third kappa shape index (κ3) is 3.25. The number of hydrogen-bond acceptors (Lipinski definition) is 5. The van der Waals surface area contributed by atoms with Gasteiger partial charge < -0.3 is 14.7 Å². The highest BCUT2D eigenvalue weighted by atomic mass is 16.5. The number of nitrogens with zero attached hydrogens (tertiary/aromatic N) is 5. The van der Waals surface area contributed by atoms with Crippen molar-refractivity contribution in [1.29, 1.82) is 0 Å². The van der Waals surface area contributed by atoms with Crippen LogP contribution in [0.5, 0.6) is 0 Å². The maximum Gasteiger partial charge on any atom is 0.138 e. The van der Waals surface area contributed by atoms with Crippen molar-refractivity contribution in [3.05, 3.63) is 36.9 Å². The molecule has 1 saturated heterocycles. The lowest BCUT2D eigenvalue weighted by molar-refractivity contribution is 0.0158. The van der Waals surface area contributed by atoms with Gasteiger partial charge in [0, 0.05) is 38.1 Å². The first-order valence-corrected chi connectivity index (χ1v) is 8.68. The van der Waals surface area contributed by atoms with E-state index in [0.29, 0.717) is 6.61 Å². The fraction of sp³-hybridized carbons (Fsp3) is 0.444. The first-order valence-electron chi connectivity index (χ1n) is 8.68. The molecule has 7 heteroatoms. The number of aryl methyl sites for hydroxylation is 1. The molecular weight excluding hydrogens is 318 g/mol. The summed E-state index contributed by atoms with van der Waals surface area (Å²) < 4.78 is 9.58. The zero-order valence-electron chi connectivity index (χ0n) is 14.4. The molecule has 0 radical (unpaired) electrons. The number of rotatable bonds is 5. The van der Waals surface area contributed by atoms with E-state index in [2.05, 4.69) is 37.7 Å². The lowest BCUT2D eigenvalue weighted by Crippen LogP contribution is -2.38. The second-order valence-corrected chi connectivity index (χ2v) is 6.44. The molecule has 1 N–H and O–H groups in total. The Balaban J connectivity index is 1.52. The summed E-state index contributed by atoms with van der Waals surface area (Å²) in [5.41, 5.74) is 3.15. The summed E-state index contributed by atoms with van der Waals surface area (Å²) in [5.74, 6) is 1.12. The maximum atomic E-state index is 8.87. The number of aliphatic hydroxyl groups is 1. The third-order valence-corrected chi connectivity index (χ3v) is 4.74. The van der Waals surface area contributed by atoms with Crippen LogP contribution in [0.4, 0.5) is 5.82 Å². The number of aliphatic hydroxyl groups excluding tert-OH is 1. The Hall–Kier alpha value is -2.38. The Bertz CT molecular complexity index is 848. The Kier molecular flexibility index (Phi) is 4.42. The number of piperidine rings is 1. The molecular formula is C18H23N5O2. The monoisotopic (exact) mass is 341 g/mol. The Morgan fingerprint density at radius 3 is 2.80 bits per heavy atom. The van der Waals surface area contributed by atoms with Crippen LogP contribution in [0.15, 0.2) is 36.9 Å². The summed E-state index contributed by atoms with van der Waals surface area (Å²) in [6.07, 6.45) is 10.1. The van der Waals surface area contributed by atoms with E-state index in [1.54, 1.807) is 4.68 Å². The van der Waals surface area contributed by atoms with E-state index in [0.717, 1.165) is 48.5 Å². The summed E-state index contributed by atoms with van der Waals surface area (Å²) in [5, 5.41) is 13.1. The average Bonchev–Trinajstić information content (AvgIpc) is 3.26. The summed E-state index contributed by atoms with van der Waals surface area (Å²) >= 11 is 0. The fourth-order valence-electron chi connectivity index (χ4n) is 3.42. The highest BCUT2D eigenvalue weighted by molar-refractivity contribution is 5.67. The van der Waals surface area contributed by atoms with Gasteiger partial charge in [-0.3, -0.25) is 9.08 Å². The average molecular weight is 341 g/mol. The van der Waals surface area contributed by atoms with Crippen molar-refractivity contribution in [3.63, 3.8) is 0 Å². The van der Waals surface area contributed by atoms with E-state index in [4.69, 9.17) is 9.84 Å². The van der Waals surface area contributed by atoms with Gasteiger partial charge in [-0.1, -0.05) is 0 Å². The van der Waals surface area contributed by atoms with Crippen LogP contribution in [-0.2, 0) is 11.8 Å². The highest BCUT2D eigenvalue weighted by Crippen LogP contribution is 2.25. The summed E-state index contributed by atoms with van der Waals surface area (Å²) in [6, 6.07) is 4.20. The van der Waals surface area contributed by atoms with Crippen molar-refractivity contribution in [3.8, 4) is 11.1 Å². The van der Waals surface area contributed by atoms with Crippen molar-refractivity contribution < 1.29 is 9.84 Å². The molecule has 25 heavy (non-hydrogen) atoms. The number of hydrogen-bond donors (Lipinski definition) is 1. The molecule has 0 unspecified atom stereocenters. The molecule has 0 bridgehead atoms. The lowest BCUT2D eigenvalue weighted by Gasteiger charge is -2.32. The number of aromatic nitrogens is 4. The zero-order valence-corrected chi connectivity index (χ0v) is 14.4. The molecule has 4 rings (SSSR count). The van der Waals surface area contributed by atoms with Gasteiger partial charge in [0.2, 0.25) is 0 Å². The normalized spacial score (nSPS) is 16.0. The van der Waals surface area contributed by atoms with Gasteiger partial charge in [-0.05, 0) is 30.5 Å². The van der Waals surface area contributed by atoms with Gasteiger partial charge in [0.1, 0.15) is 11.5 Å². The number of ether oxygens (including phenoxy) is 1. The van der Waals surface area contributed by atoms with Crippen LogP contribution in [0.1, 0.15) is 12.8 Å². The highest BCUT2D eigenvalue weighted by Gasteiger charge is 2.22. The third-order valence-electron chi connectivity index (χ3n) is 4.74. The van der Waals surface area contributed by atoms with Crippen molar-refractivity contribution >= 4 is 11.5 Å². The van der Waals surface area contributed by atoms with E-state index in [1.807, 2.05) is 25.6 Å². The summed E-state index contributed by atoms with van der Waals surface area (Å²) in [4.78, 5) is 6.93. The van der Waals surface area contributed by atoms with Crippen LogP contribution in [0.2, 0.25) is 0 Å². The van der Waals surface area contributed by atoms with Crippen molar-refractivity contribution in [2.45, 2.75) is 18.9 Å². The Morgan fingerprint density at radius 2 is 2.08 bits per heavy atom. The first-order chi connectivity index (χ1) is 12.2. The minimum atomic E-state index is 0.0900. The minimum absolute atomic E-state index is 0.0900. The van der Waals surface area contributed by atoms with E-state index < -0.39 is 0 Å². The Labute approximate surface area is 146 Å². The quantitative estimate of drug-likeness (QED) is 0.765. The van der Waals surface area contributed by atoms with E-state index in [1.165, 1.54) is 0 Å². The topological polar surface area (TPSA) is 67.8 Å². The largest absolute Gasteiger partial charge is 0.394 e. The molecule has 0 spiro atoms. The van der Waals surface area contributed by atoms with Crippen LogP contribution in [0.3, 0.4) is 0 Å². The van der Waals surface area contributed by atoms with Gasteiger partial charge in [0.25, 0.3) is 0 Å². The van der Waals surface area contributed by atoms with Crippen molar-refractivity contribution in [2.75, 3.05) is 31.2 Å². The number of anilines is 1. The van der Waals surface area contributed by atoms with E-state index >= 15 is 0 Å². The molecule has 1 fully saturated rings. The van der Waals surface area contributed by atoms with Crippen LogP contribution >= 0.6 is 0 Å². The van der Waals surface area contributed by atoms with Gasteiger partial charge in [0.05, 0.1) is 31.7 Å². The van der Waals surface area contributed by atoms with Crippen molar-refractivity contribution in [2.24, 2.45) is 7.05 Å². The molecule has 132 valence electrons. The van der Waals surface area contributed by atoms with Gasteiger partial charge in [-0.25, -0.2) is 4.98 Å². The number of pyridine rings is 1. The standard InChI is InChI=1S/C18H23N5O2/c1-21-13-15(11-20-21)14-2-7-23-17(10-14)19-12-18(23)22-5-3-16(4-6-22)25-9-8-24/h2,7,10-13,16,24H,3-6,8-9H2,1H3. The van der Waals surface area contributed by atoms with E-state index in [9.17, 15) is 0 Å².